The molecule has 0 spiro atoms. The van der Waals surface area contributed by atoms with Gasteiger partial charge in [0.15, 0.2) is 11.6 Å². The highest BCUT2D eigenvalue weighted by Gasteiger charge is 2.10. The molecule has 6 rings (SSSR count). The van der Waals surface area contributed by atoms with Gasteiger partial charge in [0.05, 0.1) is 34.8 Å². The molecule has 0 aliphatic heterocycles. The molecule has 0 radical (unpaired) electrons. The predicted octanol–water partition coefficient (Wildman–Crippen LogP) is 5.26. The zero-order valence-corrected chi connectivity index (χ0v) is 22.5. The number of benzene rings is 2. The minimum Gasteiger partial charge on any atom is -0.382 e. The Morgan fingerprint density at radius 1 is 0.625 bits per heavy atom. The number of hydrogen-bond donors (Lipinski definition) is 4. The van der Waals surface area contributed by atoms with E-state index >= 15 is 0 Å². The number of carbonyl (C=O) groups excluding carboxylic acids is 2. The first kappa shape index (κ1) is 26.2. The van der Waals surface area contributed by atoms with Crippen LogP contribution < -0.4 is 22.1 Å². The van der Waals surface area contributed by atoms with E-state index < -0.39 is 0 Å². The van der Waals surface area contributed by atoms with Gasteiger partial charge in [0.25, 0.3) is 0 Å². The van der Waals surface area contributed by atoms with Gasteiger partial charge in [-0.15, -0.1) is 0 Å². The van der Waals surface area contributed by atoms with Crippen molar-refractivity contribution in [3.8, 4) is 0 Å². The maximum atomic E-state index is 11.1. The average molecular weight is 533 g/mol. The van der Waals surface area contributed by atoms with Crippen LogP contribution in [0.5, 0.6) is 0 Å². The quantitative estimate of drug-likeness (QED) is 0.219. The Hall–Kier alpha value is -5.38. The number of anilines is 4. The zero-order valence-electron chi connectivity index (χ0n) is 22.5. The molecular weight excluding hydrogens is 504 g/mol. The lowest BCUT2D eigenvalue weighted by atomic mass is 10.1. The number of carbonyl (C=O) groups is 2. The molecule has 40 heavy (non-hydrogen) atoms. The molecule has 4 aromatic heterocycles. The number of pyridine rings is 4. The molecule has 0 unspecified atom stereocenters. The van der Waals surface area contributed by atoms with E-state index in [1.54, 1.807) is 12.4 Å². The third kappa shape index (κ3) is 5.28. The molecule has 0 saturated heterocycles. The number of nitrogens with two attached hydrogens (primary N) is 2. The Morgan fingerprint density at radius 3 is 1.40 bits per heavy atom. The fraction of sp³-hybridized carbons (Fsp3) is 0.133. The van der Waals surface area contributed by atoms with Gasteiger partial charge < -0.3 is 22.1 Å². The summed E-state index contributed by atoms with van der Waals surface area (Å²) in [7, 11) is 0. The number of aromatic nitrogens is 4. The largest absolute Gasteiger partial charge is 0.382 e. The third-order valence-corrected chi connectivity index (χ3v) is 6.27. The second-order valence-electron chi connectivity index (χ2n) is 9.64. The molecule has 200 valence electrons. The van der Waals surface area contributed by atoms with Crippen LogP contribution in [-0.4, -0.2) is 31.8 Å². The molecule has 10 nitrogen and oxygen atoms in total. The van der Waals surface area contributed by atoms with Gasteiger partial charge >= 0.3 is 0 Å². The van der Waals surface area contributed by atoms with Crippen LogP contribution in [0.2, 0.25) is 0 Å². The first-order valence-corrected chi connectivity index (χ1v) is 12.6. The second-order valence-corrected chi connectivity index (χ2v) is 9.64. The van der Waals surface area contributed by atoms with Gasteiger partial charge in [0.1, 0.15) is 11.0 Å². The lowest BCUT2D eigenvalue weighted by Gasteiger charge is -2.08. The summed E-state index contributed by atoms with van der Waals surface area (Å²) in [4.78, 5) is 39.7. The molecule has 4 heterocycles. The van der Waals surface area contributed by atoms with E-state index in [2.05, 4.69) is 30.6 Å². The summed E-state index contributed by atoms with van der Waals surface area (Å²) in [6.07, 6.45) is 3.17. The number of nitrogen functional groups attached to an aromatic ring is 2. The van der Waals surface area contributed by atoms with Gasteiger partial charge in [-0.1, -0.05) is 24.3 Å². The smallest absolute Gasteiger partial charge is 0.221 e. The Balaban J connectivity index is 0.000000161. The maximum Gasteiger partial charge on any atom is 0.221 e. The first-order chi connectivity index (χ1) is 19.1. The topological polar surface area (TPSA) is 162 Å². The molecule has 6 N–H and O–H groups in total. The monoisotopic (exact) mass is 532 g/mol. The van der Waals surface area contributed by atoms with Crippen molar-refractivity contribution in [1.82, 2.24) is 19.9 Å². The van der Waals surface area contributed by atoms with Gasteiger partial charge in [-0.25, -0.2) is 9.97 Å². The van der Waals surface area contributed by atoms with E-state index in [1.165, 1.54) is 13.8 Å². The summed E-state index contributed by atoms with van der Waals surface area (Å²) in [5, 5.41) is 9.18. The van der Waals surface area contributed by atoms with Gasteiger partial charge in [0, 0.05) is 35.4 Å². The van der Waals surface area contributed by atoms with Crippen molar-refractivity contribution in [2.45, 2.75) is 27.7 Å². The predicted molar refractivity (Wildman–Crippen MR) is 161 cm³/mol. The van der Waals surface area contributed by atoms with Crippen molar-refractivity contribution in [3.05, 3.63) is 72.1 Å². The van der Waals surface area contributed by atoms with Crippen molar-refractivity contribution in [2.24, 2.45) is 0 Å². The van der Waals surface area contributed by atoms with Crippen molar-refractivity contribution < 1.29 is 9.59 Å². The van der Waals surface area contributed by atoms with E-state index in [-0.39, 0.29) is 11.8 Å². The fourth-order valence-electron chi connectivity index (χ4n) is 4.58. The molecule has 10 heteroatoms. The number of nitrogens with zero attached hydrogens (tertiary/aromatic N) is 4. The molecule has 2 aromatic carbocycles. The van der Waals surface area contributed by atoms with Crippen LogP contribution in [0.15, 0.2) is 60.9 Å². The van der Waals surface area contributed by atoms with Crippen LogP contribution >= 0.6 is 0 Å². The third-order valence-electron chi connectivity index (χ3n) is 6.27. The highest BCUT2D eigenvalue weighted by atomic mass is 16.2. The number of aryl methyl sites for hydroxylation is 2. The average Bonchev–Trinajstić information content (AvgIpc) is 2.88. The number of nitrogens with one attached hydrogen (secondary N) is 2. The summed E-state index contributed by atoms with van der Waals surface area (Å²) in [6, 6.07) is 15.7. The minimum absolute atomic E-state index is 0.131. The standard InChI is InChI=1S/2C15H14N4O/c2*1-8-3-4-11-12-6-10(18-9(2)20)7-17-14(12)15(16)19-13(11)5-8/h2*3-7H,1-2H3,(H2,16,19)(H,18,20). The summed E-state index contributed by atoms with van der Waals surface area (Å²) >= 11 is 0. The molecule has 2 amide bonds. The van der Waals surface area contributed by atoms with E-state index in [4.69, 9.17) is 11.5 Å². The highest BCUT2D eigenvalue weighted by Crippen LogP contribution is 2.30. The van der Waals surface area contributed by atoms with Crippen LogP contribution in [0.1, 0.15) is 25.0 Å². The lowest BCUT2D eigenvalue weighted by Crippen LogP contribution is -2.06. The lowest BCUT2D eigenvalue weighted by molar-refractivity contribution is -0.115. The Bertz CT molecular complexity index is 1830. The summed E-state index contributed by atoms with van der Waals surface area (Å²) in [5.74, 6) is 0.529. The van der Waals surface area contributed by atoms with Crippen LogP contribution in [-0.2, 0) is 9.59 Å². The van der Waals surface area contributed by atoms with E-state index in [0.717, 1.165) is 43.7 Å². The number of rotatable bonds is 2. The summed E-state index contributed by atoms with van der Waals surface area (Å²) < 4.78 is 0. The summed E-state index contributed by atoms with van der Waals surface area (Å²) in [5.41, 5.74) is 18.4. The van der Waals surface area contributed by atoms with Gasteiger partial charge in [0.2, 0.25) is 11.8 Å². The van der Waals surface area contributed by atoms with Gasteiger partial charge in [-0.2, -0.15) is 0 Å². The Labute approximate surface area is 229 Å². The molecule has 0 aliphatic carbocycles. The van der Waals surface area contributed by atoms with E-state index in [1.807, 2.05) is 62.4 Å². The van der Waals surface area contributed by atoms with Crippen molar-refractivity contribution in [3.63, 3.8) is 0 Å². The van der Waals surface area contributed by atoms with Crippen molar-refractivity contribution in [1.29, 1.82) is 0 Å². The summed E-state index contributed by atoms with van der Waals surface area (Å²) in [6.45, 7) is 6.94. The van der Waals surface area contributed by atoms with E-state index in [9.17, 15) is 9.59 Å². The maximum absolute atomic E-state index is 11.1. The minimum atomic E-state index is -0.131. The molecular formula is C30H28N8O2. The van der Waals surface area contributed by atoms with Crippen molar-refractivity contribution >= 4 is 78.4 Å². The number of hydrogen-bond acceptors (Lipinski definition) is 8. The molecule has 6 aromatic rings. The highest BCUT2D eigenvalue weighted by molar-refractivity contribution is 6.10. The van der Waals surface area contributed by atoms with E-state index in [0.29, 0.717) is 34.0 Å². The van der Waals surface area contributed by atoms with Crippen molar-refractivity contribution in [2.75, 3.05) is 22.1 Å². The molecule has 0 fully saturated rings. The number of amides is 2. The molecule has 0 atom stereocenters. The van der Waals surface area contributed by atoms with Crippen LogP contribution in [0.25, 0.3) is 43.6 Å². The second kappa shape index (κ2) is 10.4. The number of fused-ring (bicyclic) bond motifs is 6. The zero-order chi connectivity index (χ0) is 28.6. The molecule has 0 saturated carbocycles. The first-order valence-electron chi connectivity index (χ1n) is 12.6. The van der Waals surface area contributed by atoms with Crippen LogP contribution in [0.3, 0.4) is 0 Å². The van der Waals surface area contributed by atoms with Gasteiger partial charge in [-0.3, -0.25) is 19.6 Å². The molecule has 0 bridgehead atoms. The Kier molecular flexibility index (Phi) is 6.83. The fourth-order valence-corrected chi connectivity index (χ4v) is 4.58. The Morgan fingerprint density at radius 2 is 1.02 bits per heavy atom. The normalized spacial score (nSPS) is 10.9. The van der Waals surface area contributed by atoms with Crippen LogP contribution in [0, 0.1) is 13.8 Å². The van der Waals surface area contributed by atoms with Gasteiger partial charge in [-0.05, 0) is 49.2 Å². The van der Waals surface area contributed by atoms with Crippen LogP contribution in [0.4, 0.5) is 23.0 Å². The SMILES string of the molecule is CC(=O)Nc1cnc2c(N)nc3cc(C)ccc3c2c1.CC(=O)Nc1cnc2c(N)nc3cc(C)ccc3c2c1. The molecule has 0 aliphatic rings.